The van der Waals surface area contributed by atoms with Crippen molar-refractivity contribution < 1.29 is 4.79 Å². The SMILES string of the molecule is CC(CC(=O)NCCCCN)C1CCCCC1. The van der Waals surface area contributed by atoms with Gasteiger partial charge in [0.15, 0.2) is 0 Å². The fraction of sp³-hybridized carbons (Fsp3) is 0.929. The van der Waals surface area contributed by atoms with Crippen molar-refractivity contribution >= 4 is 5.91 Å². The zero-order valence-corrected chi connectivity index (χ0v) is 11.2. The fourth-order valence-electron chi connectivity index (χ4n) is 2.73. The first-order chi connectivity index (χ1) is 8.24. The molecule has 0 saturated heterocycles. The second-order valence-corrected chi connectivity index (χ2v) is 5.43. The van der Waals surface area contributed by atoms with Crippen molar-refractivity contribution in [3.63, 3.8) is 0 Å². The van der Waals surface area contributed by atoms with Crippen LogP contribution in [0.3, 0.4) is 0 Å². The molecule has 0 aromatic rings. The summed E-state index contributed by atoms with van der Waals surface area (Å²) >= 11 is 0. The number of rotatable bonds is 7. The fourth-order valence-corrected chi connectivity index (χ4v) is 2.73. The molecule has 3 heteroatoms. The molecule has 100 valence electrons. The lowest BCUT2D eigenvalue weighted by molar-refractivity contribution is -0.122. The molecule has 0 heterocycles. The highest BCUT2D eigenvalue weighted by atomic mass is 16.1. The normalized spacial score (nSPS) is 18.9. The summed E-state index contributed by atoms with van der Waals surface area (Å²) in [6.07, 6.45) is 9.43. The maximum Gasteiger partial charge on any atom is 0.220 e. The average molecular weight is 240 g/mol. The first-order valence-corrected chi connectivity index (χ1v) is 7.20. The minimum Gasteiger partial charge on any atom is -0.356 e. The Bertz CT molecular complexity index is 212. The van der Waals surface area contributed by atoms with Gasteiger partial charge >= 0.3 is 0 Å². The molecule has 1 fully saturated rings. The third-order valence-electron chi connectivity index (χ3n) is 3.92. The Morgan fingerprint density at radius 2 is 2.00 bits per heavy atom. The molecule has 0 bridgehead atoms. The van der Waals surface area contributed by atoms with Crippen molar-refractivity contribution in [2.75, 3.05) is 13.1 Å². The van der Waals surface area contributed by atoms with Crippen LogP contribution >= 0.6 is 0 Å². The minimum absolute atomic E-state index is 0.222. The monoisotopic (exact) mass is 240 g/mol. The molecule has 0 aliphatic heterocycles. The van der Waals surface area contributed by atoms with Crippen molar-refractivity contribution in [2.45, 2.75) is 58.3 Å². The van der Waals surface area contributed by atoms with Gasteiger partial charge in [-0.1, -0.05) is 39.0 Å². The molecular weight excluding hydrogens is 212 g/mol. The van der Waals surface area contributed by atoms with E-state index < -0.39 is 0 Å². The zero-order valence-electron chi connectivity index (χ0n) is 11.2. The molecule has 1 rings (SSSR count). The summed E-state index contributed by atoms with van der Waals surface area (Å²) in [5.74, 6) is 1.54. The van der Waals surface area contributed by atoms with E-state index in [1.54, 1.807) is 0 Å². The predicted octanol–water partition coefficient (Wildman–Crippen LogP) is 2.45. The first-order valence-electron chi connectivity index (χ1n) is 7.20. The van der Waals surface area contributed by atoms with Crippen LogP contribution in [0.25, 0.3) is 0 Å². The second kappa shape index (κ2) is 8.51. The Balaban J connectivity index is 2.11. The van der Waals surface area contributed by atoms with Gasteiger partial charge in [0, 0.05) is 13.0 Å². The Morgan fingerprint density at radius 3 is 2.65 bits per heavy atom. The highest BCUT2D eigenvalue weighted by Crippen LogP contribution is 2.31. The van der Waals surface area contributed by atoms with Crippen molar-refractivity contribution in [3.8, 4) is 0 Å². The number of hydrogen-bond donors (Lipinski definition) is 2. The van der Waals surface area contributed by atoms with Gasteiger partial charge < -0.3 is 11.1 Å². The molecule has 3 N–H and O–H groups in total. The van der Waals surface area contributed by atoms with Gasteiger partial charge in [-0.25, -0.2) is 0 Å². The standard InChI is InChI=1S/C14H28N2O/c1-12(13-7-3-2-4-8-13)11-14(17)16-10-6-5-9-15/h12-13H,2-11,15H2,1H3,(H,16,17). The maximum atomic E-state index is 11.7. The quantitative estimate of drug-likeness (QED) is 0.672. The van der Waals surface area contributed by atoms with Gasteiger partial charge in [-0.3, -0.25) is 4.79 Å². The molecule has 0 aromatic carbocycles. The molecule has 1 aliphatic rings. The second-order valence-electron chi connectivity index (χ2n) is 5.43. The largest absolute Gasteiger partial charge is 0.356 e. The van der Waals surface area contributed by atoms with Crippen molar-refractivity contribution in [1.29, 1.82) is 0 Å². The number of nitrogens with one attached hydrogen (secondary N) is 1. The van der Waals surface area contributed by atoms with Crippen LogP contribution < -0.4 is 11.1 Å². The first kappa shape index (κ1) is 14.5. The number of carbonyl (C=O) groups is 1. The molecule has 17 heavy (non-hydrogen) atoms. The van der Waals surface area contributed by atoms with E-state index in [2.05, 4.69) is 12.2 Å². The van der Waals surface area contributed by atoms with Crippen molar-refractivity contribution in [1.82, 2.24) is 5.32 Å². The Kier molecular flexibility index (Phi) is 7.25. The maximum absolute atomic E-state index is 11.7. The van der Waals surface area contributed by atoms with Gasteiger partial charge in [-0.2, -0.15) is 0 Å². The van der Waals surface area contributed by atoms with E-state index in [4.69, 9.17) is 5.73 Å². The molecule has 3 nitrogen and oxygen atoms in total. The molecule has 1 atom stereocenters. The minimum atomic E-state index is 0.222. The van der Waals surface area contributed by atoms with E-state index in [0.717, 1.165) is 25.3 Å². The molecular formula is C14H28N2O. The van der Waals surface area contributed by atoms with Gasteiger partial charge in [0.2, 0.25) is 5.91 Å². The van der Waals surface area contributed by atoms with Crippen LogP contribution in [-0.2, 0) is 4.79 Å². The summed E-state index contributed by atoms with van der Waals surface area (Å²) in [6.45, 7) is 3.73. The molecule has 0 radical (unpaired) electrons. The number of nitrogens with two attached hydrogens (primary N) is 1. The van der Waals surface area contributed by atoms with Crippen LogP contribution in [0.5, 0.6) is 0 Å². The van der Waals surface area contributed by atoms with E-state index in [9.17, 15) is 4.79 Å². The Morgan fingerprint density at radius 1 is 1.29 bits per heavy atom. The predicted molar refractivity (Wildman–Crippen MR) is 71.7 cm³/mol. The lowest BCUT2D eigenvalue weighted by atomic mass is 9.79. The molecule has 0 spiro atoms. The topological polar surface area (TPSA) is 55.1 Å². The lowest BCUT2D eigenvalue weighted by Crippen LogP contribution is -2.28. The van der Waals surface area contributed by atoms with Gasteiger partial charge in [-0.05, 0) is 31.2 Å². The van der Waals surface area contributed by atoms with Gasteiger partial charge in [-0.15, -0.1) is 0 Å². The van der Waals surface area contributed by atoms with Crippen LogP contribution in [-0.4, -0.2) is 19.0 Å². The highest BCUT2D eigenvalue weighted by Gasteiger charge is 2.21. The van der Waals surface area contributed by atoms with Crippen LogP contribution in [0, 0.1) is 11.8 Å². The smallest absolute Gasteiger partial charge is 0.220 e. The lowest BCUT2D eigenvalue weighted by Gasteiger charge is -2.27. The molecule has 1 unspecified atom stereocenters. The molecule has 0 aromatic heterocycles. The van der Waals surface area contributed by atoms with Crippen molar-refractivity contribution in [2.24, 2.45) is 17.6 Å². The summed E-state index contributed by atoms with van der Waals surface area (Å²) in [5, 5.41) is 2.99. The summed E-state index contributed by atoms with van der Waals surface area (Å²) in [4.78, 5) is 11.7. The van der Waals surface area contributed by atoms with E-state index in [1.165, 1.54) is 32.1 Å². The average Bonchev–Trinajstić information content (AvgIpc) is 2.36. The summed E-state index contributed by atoms with van der Waals surface area (Å²) < 4.78 is 0. The van der Waals surface area contributed by atoms with Gasteiger partial charge in [0.25, 0.3) is 0 Å². The Hall–Kier alpha value is -0.570. The van der Waals surface area contributed by atoms with Crippen molar-refractivity contribution in [3.05, 3.63) is 0 Å². The van der Waals surface area contributed by atoms with E-state index in [0.29, 0.717) is 18.9 Å². The van der Waals surface area contributed by atoms with Crippen LogP contribution in [0.4, 0.5) is 0 Å². The van der Waals surface area contributed by atoms with Gasteiger partial charge in [0.05, 0.1) is 0 Å². The summed E-state index contributed by atoms with van der Waals surface area (Å²) in [6, 6.07) is 0. The zero-order chi connectivity index (χ0) is 12.5. The molecule has 1 amide bonds. The number of amides is 1. The van der Waals surface area contributed by atoms with E-state index in [-0.39, 0.29) is 5.91 Å². The van der Waals surface area contributed by atoms with Crippen LogP contribution in [0.1, 0.15) is 58.3 Å². The summed E-state index contributed by atoms with van der Waals surface area (Å²) in [7, 11) is 0. The summed E-state index contributed by atoms with van der Waals surface area (Å²) in [5.41, 5.74) is 5.41. The third-order valence-corrected chi connectivity index (χ3v) is 3.92. The number of carbonyl (C=O) groups excluding carboxylic acids is 1. The van der Waals surface area contributed by atoms with Gasteiger partial charge in [0.1, 0.15) is 0 Å². The van der Waals surface area contributed by atoms with E-state index >= 15 is 0 Å². The number of hydrogen-bond acceptors (Lipinski definition) is 2. The molecule has 1 aliphatic carbocycles. The molecule has 1 saturated carbocycles. The van der Waals surface area contributed by atoms with Crippen LogP contribution in [0.2, 0.25) is 0 Å². The van der Waals surface area contributed by atoms with Crippen LogP contribution in [0.15, 0.2) is 0 Å². The van der Waals surface area contributed by atoms with E-state index in [1.807, 2.05) is 0 Å². The Labute approximate surface area is 106 Å². The highest BCUT2D eigenvalue weighted by molar-refractivity contribution is 5.76. The number of unbranched alkanes of at least 4 members (excludes halogenated alkanes) is 1. The third kappa shape index (κ3) is 6.06.